The summed E-state index contributed by atoms with van der Waals surface area (Å²) in [5.74, 6) is 0.224. The lowest BCUT2D eigenvalue weighted by atomic mass is 10.1. The molecule has 3 heterocycles. The molecule has 0 aliphatic carbocycles. The molecule has 1 saturated heterocycles. The third-order valence-corrected chi connectivity index (χ3v) is 5.37. The highest BCUT2D eigenvalue weighted by Crippen LogP contribution is 2.35. The van der Waals surface area contributed by atoms with Gasteiger partial charge in [0, 0.05) is 44.1 Å². The fraction of sp³-hybridized carbons (Fsp3) is 0.421. The molecule has 2 aromatic heterocycles. The summed E-state index contributed by atoms with van der Waals surface area (Å²) in [5.41, 5.74) is -1.60. The van der Waals surface area contributed by atoms with Gasteiger partial charge in [-0.1, -0.05) is 11.6 Å². The van der Waals surface area contributed by atoms with Gasteiger partial charge in [0.15, 0.2) is 0 Å². The summed E-state index contributed by atoms with van der Waals surface area (Å²) in [6.07, 6.45) is -8.79. The van der Waals surface area contributed by atoms with Crippen LogP contribution in [0.15, 0.2) is 29.3 Å². The first-order chi connectivity index (χ1) is 15.8. The van der Waals surface area contributed by atoms with Crippen molar-refractivity contribution < 1.29 is 36.0 Å². The van der Waals surface area contributed by atoms with Gasteiger partial charge in [-0.2, -0.15) is 26.3 Å². The van der Waals surface area contributed by atoms with E-state index in [1.807, 2.05) is 4.98 Å². The molecule has 0 bridgehead atoms. The van der Waals surface area contributed by atoms with Gasteiger partial charge in [-0.05, 0) is 19.1 Å². The molecule has 0 saturated carbocycles. The maximum absolute atomic E-state index is 12.9. The molecule has 1 aliphatic heterocycles. The molecule has 1 unspecified atom stereocenters. The number of hydroxylamine groups is 1. The van der Waals surface area contributed by atoms with E-state index < -0.39 is 46.2 Å². The topological polar surface area (TPSA) is 90.6 Å². The van der Waals surface area contributed by atoms with Gasteiger partial charge in [-0.25, -0.2) is 15.3 Å². The molecule has 8 nitrogen and oxygen atoms in total. The van der Waals surface area contributed by atoms with Gasteiger partial charge < -0.3 is 14.8 Å². The minimum Gasteiger partial charge on any atom is -0.353 e. The van der Waals surface area contributed by atoms with E-state index in [9.17, 15) is 35.9 Å². The molecule has 0 aromatic carbocycles. The van der Waals surface area contributed by atoms with Gasteiger partial charge >= 0.3 is 18.4 Å². The maximum Gasteiger partial charge on any atom is 0.421 e. The molecule has 0 radical (unpaired) electrons. The van der Waals surface area contributed by atoms with Crippen molar-refractivity contribution in [3.05, 3.63) is 56.6 Å². The average Bonchev–Trinajstić information content (AvgIpc) is 2.76. The average molecular weight is 514 g/mol. The fourth-order valence-electron chi connectivity index (χ4n) is 3.16. The lowest BCUT2D eigenvalue weighted by Crippen LogP contribution is -2.52. The number of aromatic nitrogens is 2. The highest BCUT2D eigenvalue weighted by atomic mass is 35.5. The minimum atomic E-state index is -4.85. The number of nitrogens with zero attached hydrogens (tertiary/aromatic N) is 3. The second kappa shape index (κ2) is 9.70. The summed E-state index contributed by atoms with van der Waals surface area (Å²) in [4.78, 5) is 37.6. The summed E-state index contributed by atoms with van der Waals surface area (Å²) in [6, 6.07) is 1.08. The highest BCUT2D eigenvalue weighted by Gasteiger charge is 2.35. The molecular formula is C19H18ClF6N5O3. The molecular weight excluding hydrogens is 496 g/mol. The van der Waals surface area contributed by atoms with Gasteiger partial charge in [0.1, 0.15) is 17.5 Å². The number of carbonyl (C=O) groups excluding carboxylic acids is 1. The van der Waals surface area contributed by atoms with Crippen LogP contribution in [0.3, 0.4) is 0 Å². The zero-order valence-corrected chi connectivity index (χ0v) is 18.2. The number of alkyl halides is 6. The van der Waals surface area contributed by atoms with Crippen LogP contribution in [0, 0.1) is 0 Å². The van der Waals surface area contributed by atoms with Crippen LogP contribution in [-0.2, 0) is 17.2 Å². The molecule has 15 heteroatoms. The van der Waals surface area contributed by atoms with Crippen LogP contribution < -0.4 is 15.9 Å². The van der Waals surface area contributed by atoms with E-state index in [1.165, 1.54) is 11.8 Å². The Morgan fingerprint density at radius 3 is 2.29 bits per heavy atom. The largest absolute Gasteiger partial charge is 0.421 e. The molecule has 186 valence electrons. The first-order valence-corrected chi connectivity index (χ1v) is 10.1. The number of rotatable bonds is 4. The van der Waals surface area contributed by atoms with Crippen molar-refractivity contribution in [3.8, 4) is 0 Å². The molecule has 3 rings (SSSR count). The van der Waals surface area contributed by atoms with Crippen molar-refractivity contribution in [1.29, 1.82) is 0 Å². The zero-order valence-electron chi connectivity index (χ0n) is 17.4. The Morgan fingerprint density at radius 1 is 1.12 bits per heavy atom. The molecule has 1 fully saturated rings. The fourth-order valence-corrected chi connectivity index (χ4v) is 3.41. The van der Waals surface area contributed by atoms with Gasteiger partial charge in [-0.15, -0.1) is 0 Å². The lowest BCUT2D eigenvalue weighted by molar-refractivity contribution is -0.139. The van der Waals surface area contributed by atoms with Gasteiger partial charge in [0.05, 0.1) is 10.6 Å². The molecule has 2 amide bonds. The van der Waals surface area contributed by atoms with Crippen molar-refractivity contribution >= 4 is 23.4 Å². The van der Waals surface area contributed by atoms with Gasteiger partial charge in [0.2, 0.25) is 0 Å². The number of halogens is 7. The smallest absolute Gasteiger partial charge is 0.353 e. The van der Waals surface area contributed by atoms with E-state index in [2.05, 4.69) is 10.5 Å². The van der Waals surface area contributed by atoms with E-state index in [0.29, 0.717) is 12.3 Å². The van der Waals surface area contributed by atoms with Crippen LogP contribution in [0.25, 0.3) is 0 Å². The number of H-pyrrole nitrogens is 1. The summed E-state index contributed by atoms with van der Waals surface area (Å²) in [6.45, 7) is 2.20. The van der Waals surface area contributed by atoms with E-state index >= 15 is 0 Å². The van der Waals surface area contributed by atoms with Crippen LogP contribution >= 0.6 is 11.6 Å². The van der Waals surface area contributed by atoms with Crippen molar-refractivity contribution in [1.82, 2.24) is 20.3 Å². The predicted octanol–water partition coefficient (Wildman–Crippen LogP) is 3.99. The number of hydrogen-bond acceptors (Lipinski definition) is 5. The lowest BCUT2D eigenvalue weighted by Gasteiger charge is -2.35. The van der Waals surface area contributed by atoms with Gasteiger partial charge in [0.25, 0.3) is 5.56 Å². The Kier molecular flexibility index (Phi) is 7.31. The Hall–Kier alpha value is -3.00. The molecule has 2 N–H and O–H groups in total. The Balaban J connectivity index is 1.54. The second-order valence-electron chi connectivity index (χ2n) is 7.34. The number of anilines is 1. The number of aromatic amines is 1. The van der Waals surface area contributed by atoms with E-state index in [1.54, 1.807) is 4.90 Å². The van der Waals surface area contributed by atoms with Crippen LogP contribution in [0.4, 0.5) is 37.0 Å². The number of pyridine rings is 2. The van der Waals surface area contributed by atoms with E-state index in [-0.39, 0.29) is 37.6 Å². The van der Waals surface area contributed by atoms with Gasteiger partial charge in [-0.3, -0.25) is 9.63 Å². The van der Waals surface area contributed by atoms with Crippen LogP contribution in [0.2, 0.25) is 5.02 Å². The molecule has 1 aliphatic rings. The van der Waals surface area contributed by atoms with Crippen molar-refractivity contribution in [2.75, 3.05) is 31.1 Å². The standard InChI is InChI=1S/C19H18ClF6N5O3/c1-10(11-6-12(18(21,22)23)16(32)28-8-11)34-29-17(33)31-4-2-30(3-5-31)15-7-14(20)13(9-27-15)19(24,25)26/h6-10H,2-5H2,1H3,(H,28,32)(H,29,33). The highest BCUT2D eigenvalue weighted by molar-refractivity contribution is 6.31. The monoisotopic (exact) mass is 513 g/mol. The third-order valence-electron chi connectivity index (χ3n) is 5.06. The Bertz CT molecular complexity index is 1100. The minimum absolute atomic E-state index is 0.0118. The van der Waals surface area contributed by atoms with E-state index in [0.717, 1.165) is 12.3 Å². The number of piperazine rings is 1. The van der Waals surface area contributed by atoms with Crippen molar-refractivity contribution in [2.45, 2.75) is 25.4 Å². The molecule has 1 atom stereocenters. The number of hydrogen-bond donors (Lipinski definition) is 2. The Morgan fingerprint density at radius 2 is 1.74 bits per heavy atom. The quantitative estimate of drug-likeness (QED) is 0.477. The van der Waals surface area contributed by atoms with Crippen LogP contribution in [-0.4, -0.2) is 47.1 Å². The SMILES string of the molecule is CC(ONC(=O)N1CCN(c2cc(Cl)c(C(F)(F)F)cn2)CC1)c1c[nH]c(=O)c(C(F)(F)F)c1. The molecule has 34 heavy (non-hydrogen) atoms. The summed E-state index contributed by atoms with van der Waals surface area (Å²) >= 11 is 5.72. The van der Waals surface area contributed by atoms with Crippen molar-refractivity contribution in [3.63, 3.8) is 0 Å². The Labute approximate surface area is 193 Å². The predicted molar refractivity (Wildman–Crippen MR) is 108 cm³/mol. The normalized spacial score (nSPS) is 15.9. The van der Waals surface area contributed by atoms with E-state index in [4.69, 9.17) is 16.4 Å². The van der Waals surface area contributed by atoms with Crippen molar-refractivity contribution in [2.24, 2.45) is 0 Å². The second-order valence-corrected chi connectivity index (χ2v) is 7.74. The first kappa shape index (κ1) is 25.6. The maximum atomic E-state index is 12.9. The third kappa shape index (κ3) is 5.91. The first-order valence-electron chi connectivity index (χ1n) is 9.75. The molecule has 0 spiro atoms. The number of carbonyl (C=O) groups is 1. The number of urea groups is 1. The van der Waals surface area contributed by atoms with Crippen LogP contribution in [0.5, 0.6) is 0 Å². The number of amides is 2. The number of nitrogens with one attached hydrogen (secondary N) is 2. The summed E-state index contributed by atoms with van der Waals surface area (Å²) < 4.78 is 77.2. The molecule has 2 aromatic rings. The summed E-state index contributed by atoms with van der Waals surface area (Å²) in [5, 5.41) is -0.490. The van der Waals surface area contributed by atoms with Crippen LogP contribution in [0.1, 0.15) is 29.7 Å². The zero-order chi connectivity index (χ0) is 25.3. The summed E-state index contributed by atoms with van der Waals surface area (Å²) in [7, 11) is 0.